The minimum absolute atomic E-state index is 0.0173. The zero-order valence-corrected chi connectivity index (χ0v) is 28.1. The Hall–Kier alpha value is -2.56. The summed E-state index contributed by atoms with van der Waals surface area (Å²) in [4.78, 5) is 50.5. The predicted octanol–water partition coefficient (Wildman–Crippen LogP) is 5.70. The Morgan fingerprint density at radius 1 is 1.00 bits per heavy atom. The third-order valence-corrected chi connectivity index (χ3v) is 9.42. The predicted molar refractivity (Wildman–Crippen MR) is 175 cm³/mol. The molecule has 238 valence electrons. The summed E-state index contributed by atoms with van der Waals surface area (Å²) in [5, 5.41) is 6.00. The quantitative estimate of drug-likeness (QED) is 0.237. The molecule has 2 aliphatic rings. The number of piperazine rings is 1. The summed E-state index contributed by atoms with van der Waals surface area (Å²) in [7, 11) is 3.17. The smallest absolute Gasteiger partial charge is 0.254 e. The molecule has 2 saturated heterocycles. The Morgan fingerprint density at radius 2 is 1.68 bits per heavy atom. The van der Waals surface area contributed by atoms with Crippen molar-refractivity contribution in [1.29, 1.82) is 0 Å². The molecule has 0 radical (unpaired) electrons. The van der Waals surface area contributed by atoms with Crippen molar-refractivity contribution in [2.75, 3.05) is 60.0 Å². The van der Waals surface area contributed by atoms with E-state index < -0.39 is 0 Å². The molecule has 0 aliphatic carbocycles. The average molecular weight is 685 g/mol. The second-order valence-corrected chi connectivity index (χ2v) is 12.9. The Bertz CT molecular complexity index is 1380. The van der Waals surface area contributed by atoms with Gasteiger partial charge in [0.15, 0.2) is 0 Å². The molecule has 0 bridgehead atoms. The lowest BCUT2D eigenvalue weighted by Gasteiger charge is -2.42. The Balaban J connectivity index is 1.45. The van der Waals surface area contributed by atoms with E-state index in [-0.39, 0.29) is 42.8 Å². The number of rotatable bonds is 10. The number of oxime groups is 1. The number of hydrogen-bond donors (Lipinski definition) is 0. The first-order chi connectivity index (χ1) is 21.0. The van der Waals surface area contributed by atoms with Crippen LogP contribution in [0, 0.1) is 0 Å². The number of carbonyl (C=O) groups excluding carboxylic acids is 3. The van der Waals surface area contributed by atoms with Gasteiger partial charge in [-0.05, 0) is 61.7 Å². The number of piperidine rings is 1. The molecular formula is C31H37Cl4N5O4. The molecule has 0 aromatic heterocycles. The first kappa shape index (κ1) is 34.3. The largest absolute Gasteiger partial charge is 0.399 e. The van der Waals surface area contributed by atoms with Gasteiger partial charge in [0.25, 0.3) is 5.91 Å². The fourth-order valence-electron chi connectivity index (χ4n) is 5.89. The van der Waals surface area contributed by atoms with Gasteiger partial charge in [0.05, 0.1) is 28.8 Å². The Kier molecular flexibility index (Phi) is 12.2. The molecule has 0 spiro atoms. The fourth-order valence-corrected chi connectivity index (χ4v) is 6.73. The van der Waals surface area contributed by atoms with E-state index in [0.29, 0.717) is 50.9 Å². The fraction of sp³-hybridized carbons (Fsp3) is 0.484. The number of amides is 3. The van der Waals surface area contributed by atoms with Crippen molar-refractivity contribution in [2.24, 2.45) is 5.16 Å². The summed E-state index contributed by atoms with van der Waals surface area (Å²) in [6.45, 7) is 5.44. The summed E-state index contributed by atoms with van der Waals surface area (Å²) in [6.07, 6.45) is 2.41. The summed E-state index contributed by atoms with van der Waals surface area (Å²) >= 11 is 25.0. The molecule has 1 atom stereocenters. The maximum Gasteiger partial charge on any atom is 0.254 e. The number of halogens is 4. The van der Waals surface area contributed by atoms with Crippen molar-refractivity contribution in [3.05, 3.63) is 67.6 Å². The molecule has 2 aliphatic heterocycles. The van der Waals surface area contributed by atoms with Gasteiger partial charge in [-0.15, -0.1) is 0 Å². The van der Waals surface area contributed by atoms with E-state index in [4.69, 9.17) is 51.2 Å². The van der Waals surface area contributed by atoms with Crippen molar-refractivity contribution in [3.8, 4) is 0 Å². The standard InChI is InChI=1S/C31H37Cl4N5O4/c1-20(41)39-12-13-40(30(42)19-39)25-6-9-38(10-7-25)11-8-26(21-4-5-27(34)28(35)16-21)29(36-44-3)18-37(2)31(43)22-14-23(32)17-24(33)15-22/h4-5,14-17,25-26H,6-13,18-19H2,1-3H3/b36-29+. The first-order valence-corrected chi connectivity index (χ1v) is 16.0. The summed E-state index contributed by atoms with van der Waals surface area (Å²) in [5.41, 5.74) is 1.93. The third kappa shape index (κ3) is 8.79. The summed E-state index contributed by atoms with van der Waals surface area (Å²) < 4.78 is 0. The van der Waals surface area contributed by atoms with E-state index >= 15 is 0 Å². The highest BCUT2D eigenvalue weighted by molar-refractivity contribution is 6.42. The minimum atomic E-state index is -0.258. The van der Waals surface area contributed by atoms with Crippen LogP contribution in [-0.2, 0) is 14.4 Å². The van der Waals surface area contributed by atoms with E-state index in [1.165, 1.54) is 14.0 Å². The molecule has 9 nitrogen and oxygen atoms in total. The molecular weight excluding hydrogens is 648 g/mol. The highest BCUT2D eigenvalue weighted by Crippen LogP contribution is 2.31. The monoisotopic (exact) mass is 683 g/mol. The zero-order chi connectivity index (χ0) is 32.0. The van der Waals surface area contributed by atoms with Crippen LogP contribution >= 0.6 is 46.4 Å². The lowest BCUT2D eigenvalue weighted by atomic mass is 9.89. The molecule has 1 unspecified atom stereocenters. The van der Waals surface area contributed by atoms with Crippen LogP contribution in [0.1, 0.15) is 48.0 Å². The first-order valence-electron chi connectivity index (χ1n) is 14.5. The van der Waals surface area contributed by atoms with E-state index in [2.05, 4.69) is 10.1 Å². The number of likely N-dealkylation sites (tertiary alicyclic amines) is 1. The van der Waals surface area contributed by atoms with Crippen molar-refractivity contribution < 1.29 is 19.2 Å². The number of carbonyl (C=O) groups is 3. The highest BCUT2D eigenvalue weighted by Gasteiger charge is 2.33. The van der Waals surface area contributed by atoms with Gasteiger partial charge >= 0.3 is 0 Å². The molecule has 2 fully saturated rings. The highest BCUT2D eigenvalue weighted by atomic mass is 35.5. The van der Waals surface area contributed by atoms with Gasteiger partial charge in [-0.2, -0.15) is 0 Å². The van der Waals surface area contributed by atoms with Gasteiger partial charge in [0, 0.05) is 67.7 Å². The van der Waals surface area contributed by atoms with E-state index in [1.54, 1.807) is 41.1 Å². The lowest BCUT2D eigenvalue weighted by Crippen LogP contribution is -2.57. The maximum atomic E-state index is 13.3. The van der Waals surface area contributed by atoms with Gasteiger partial charge in [-0.1, -0.05) is 57.6 Å². The molecule has 2 aromatic rings. The topological polar surface area (TPSA) is 85.8 Å². The maximum absolute atomic E-state index is 13.3. The Labute approximate surface area is 278 Å². The molecule has 4 rings (SSSR count). The van der Waals surface area contributed by atoms with Crippen LogP contribution < -0.4 is 0 Å². The summed E-state index contributed by atoms with van der Waals surface area (Å²) in [6, 6.07) is 10.4. The van der Waals surface area contributed by atoms with E-state index in [1.807, 2.05) is 17.0 Å². The van der Waals surface area contributed by atoms with Gasteiger partial charge in [-0.3, -0.25) is 14.4 Å². The summed E-state index contributed by atoms with van der Waals surface area (Å²) in [5.74, 6) is -0.525. The second-order valence-electron chi connectivity index (χ2n) is 11.2. The SMILES string of the molecule is CO/N=C(\CN(C)C(=O)c1cc(Cl)cc(Cl)c1)C(CCN1CCC(N2CCN(C(C)=O)CC2=O)CC1)c1ccc(Cl)c(Cl)c1. The van der Waals surface area contributed by atoms with Gasteiger partial charge in [0.2, 0.25) is 11.8 Å². The van der Waals surface area contributed by atoms with Crippen LogP contribution in [0.25, 0.3) is 0 Å². The zero-order valence-electron chi connectivity index (χ0n) is 25.1. The molecule has 3 amide bonds. The number of hydrogen-bond acceptors (Lipinski definition) is 6. The van der Waals surface area contributed by atoms with Crippen LogP contribution in [0.2, 0.25) is 20.1 Å². The van der Waals surface area contributed by atoms with E-state index in [9.17, 15) is 14.4 Å². The van der Waals surface area contributed by atoms with Crippen LogP contribution in [0.4, 0.5) is 0 Å². The lowest BCUT2D eigenvalue weighted by molar-refractivity contribution is -0.147. The van der Waals surface area contributed by atoms with Crippen molar-refractivity contribution in [1.82, 2.24) is 19.6 Å². The van der Waals surface area contributed by atoms with Crippen LogP contribution in [0.5, 0.6) is 0 Å². The molecule has 0 N–H and O–H groups in total. The molecule has 2 aromatic carbocycles. The molecule has 2 heterocycles. The van der Waals surface area contributed by atoms with Crippen LogP contribution in [-0.4, -0.2) is 109 Å². The number of benzene rings is 2. The third-order valence-electron chi connectivity index (χ3n) is 8.25. The molecule has 13 heteroatoms. The van der Waals surface area contributed by atoms with Crippen molar-refractivity contribution >= 4 is 69.8 Å². The second kappa shape index (κ2) is 15.6. The minimum Gasteiger partial charge on any atom is -0.399 e. The van der Waals surface area contributed by atoms with Gasteiger partial charge in [0.1, 0.15) is 7.11 Å². The number of nitrogens with zero attached hydrogens (tertiary/aromatic N) is 5. The van der Waals surface area contributed by atoms with Crippen LogP contribution in [0.3, 0.4) is 0 Å². The van der Waals surface area contributed by atoms with Crippen molar-refractivity contribution in [3.63, 3.8) is 0 Å². The van der Waals surface area contributed by atoms with Crippen molar-refractivity contribution in [2.45, 2.75) is 38.1 Å². The van der Waals surface area contributed by atoms with Crippen LogP contribution in [0.15, 0.2) is 41.6 Å². The Morgan fingerprint density at radius 3 is 2.27 bits per heavy atom. The molecule has 0 saturated carbocycles. The van der Waals surface area contributed by atoms with E-state index in [0.717, 1.165) is 38.0 Å². The normalized spacial score (nSPS) is 17.5. The van der Waals surface area contributed by atoms with Gasteiger partial charge < -0.3 is 24.4 Å². The van der Waals surface area contributed by atoms with Gasteiger partial charge in [-0.25, -0.2) is 0 Å². The average Bonchev–Trinajstić information content (AvgIpc) is 2.98. The molecule has 44 heavy (non-hydrogen) atoms.